The molecule has 34 heavy (non-hydrogen) atoms. The lowest BCUT2D eigenvalue weighted by Crippen LogP contribution is -2.50. The van der Waals surface area contributed by atoms with Crippen molar-refractivity contribution in [2.24, 2.45) is 0 Å². The van der Waals surface area contributed by atoms with Crippen molar-refractivity contribution in [2.75, 3.05) is 11.4 Å². The SMILES string of the molecule is CC(C)(C)OC(=O)N(CC1(c2ncccc2F)CCC1)c1ccc(-c2ncc(C(=O)O)s2)nn1. The molecule has 0 radical (unpaired) electrons. The monoisotopic (exact) mass is 485 g/mol. The Kier molecular flexibility index (Phi) is 6.30. The van der Waals surface area contributed by atoms with Crippen LogP contribution in [-0.2, 0) is 10.2 Å². The molecule has 11 heteroatoms. The van der Waals surface area contributed by atoms with E-state index in [0.717, 1.165) is 17.8 Å². The molecule has 1 N–H and O–H groups in total. The molecule has 9 nitrogen and oxygen atoms in total. The van der Waals surface area contributed by atoms with Crippen LogP contribution in [-0.4, -0.2) is 49.5 Å². The second-order valence-corrected chi connectivity index (χ2v) is 10.2. The molecule has 0 aromatic carbocycles. The van der Waals surface area contributed by atoms with Gasteiger partial charge in [-0.25, -0.2) is 19.0 Å². The van der Waals surface area contributed by atoms with Crippen molar-refractivity contribution in [3.8, 4) is 10.7 Å². The number of aromatic carboxylic acids is 1. The molecule has 0 atom stereocenters. The average molecular weight is 486 g/mol. The maximum Gasteiger partial charge on any atom is 0.416 e. The van der Waals surface area contributed by atoms with Gasteiger partial charge in [0.15, 0.2) is 5.82 Å². The number of carboxylic acid groups (broad SMARTS) is 1. The lowest BCUT2D eigenvalue weighted by atomic mass is 9.66. The number of rotatable bonds is 6. The highest BCUT2D eigenvalue weighted by Gasteiger charge is 2.45. The van der Waals surface area contributed by atoms with Gasteiger partial charge in [0, 0.05) is 18.2 Å². The maximum absolute atomic E-state index is 14.7. The van der Waals surface area contributed by atoms with E-state index in [-0.39, 0.29) is 17.2 Å². The van der Waals surface area contributed by atoms with E-state index < -0.39 is 28.9 Å². The Morgan fingerprint density at radius 3 is 2.50 bits per heavy atom. The number of thiazole rings is 1. The summed E-state index contributed by atoms with van der Waals surface area (Å²) < 4.78 is 20.3. The Bertz CT molecular complexity index is 1200. The summed E-state index contributed by atoms with van der Waals surface area (Å²) in [6, 6.07) is 6.11. The maximum atomic E-state index is 14.7. The van der Waals surface area contributed by atoms with Gasteiger partial charge < -0.3 is 9.84 Å². The van der Waals surface area contributed by atoms with Crippen LogP contribution < -0.4 is 4.90 Å². The first-order valence-electron chi connectivity index (χ1n) is 10.7. The Hall–Kier alpha value is -3.47. The molecule has 0 saturated heterocycles. The molecule has 178 valence electrons. The van der Waals surface area contributed by atoms with Crippen molar-refractivity contribution >= 4 is 29.2 Å². The third-order valence-electron chi connectivity index (χ3n) is 5.51. The van der Waals surface area contributed by atoms with Crippen molar-refractivity contribution < 1.29 is 23.8 Å². The fraction of sp³-hybridized carbons (Fsp3) is 0.391. The number of pyridine rings is 1. The van der Waals surface area contributed by atoms with Gasteiger partial charge in [-0.15, -0.1) is 21.5 Å². The van der Waals surface area contributed by atoms with Crippen LogP contribution in [0.3, 0.4) is 0 Å². The lowest BCUT2D eigenvalue weighted by molar-refractivity contribution is 0.0557. The fourth-order valence-corrected chi connectivity index (χ4v) is 4.50. The zero-order chi connectivity index (χ0) is 24.5. The molecule has 0 spiro atoms. The van der Waals surface area contributed by atoms with Gasteiger partial charge >= 0.3 is 12.1 Å². The van der Waals surface area contributed by atoms with E-state index in [1.54, 1.807) is 39.1 Å². The normalized spacial score (nSPS) is 14.8. The third-order valence-corrected chi connectivity index (χ3v) is 6.52. The zero-order valence-corrected chi connectivity index (χ0v) is 19.8. The van der Waals surface area contributed by atoms with Crippen molar-refractivity contribution in [1.82, 2.24) is 20.2 Å². The summed E-state index contributed by atoms with van der Waals surface area (Å²) in [4.78, 5) is 34.1. The second-order valence-electron chi connectivity index (χ2n) is 9.15. The number of halogens is 1. The Balaban J connectivity index is 1.67. The molecular weight excluding hydrogens is 461 g/mol. The predicted molar refractivity (Wildman–Crippen MR) is 123 cm³/mol. The van der Waals surface area contributed by atoms with E-state index in [1.807, 2.05) is 0 Å². The quantitative estimate of drug-likeness (QED) is 0.534. The fourth-order valence-electron chi connectivity index (χ4n) is 3.78. The van der Waals surface area contributed by atoms with Gasteiger partial charge in [-0.2, -0.15) is 0 Å². The van der Waals surface area contributed by atoms with Crippen LogP contribution in [0.25, 0.3) is 10.7 Å². The molecule has 0 unspecified atom stereocenters. The van der Waals surface area contributed by atoms with Crippen molar-refractivity contribution in [2.45, 2.75) is 51.0 Å². The number of amides is 1. The first-order valence-corrected chi connectivity index (χ1v) is 11.5. The molecule has 1 aliphatic carbocycles. The molecule has 0 bridgehead atoms. The van der Waals surface area contributed by atoms with Crippen molar-refractivity contribution in [3.63, 3.8) is 0 Å². The van der Waals surface area contributed by atoms with E-state index in [9.17, 15) is 14.0 Å². The summed E-state index contributed by atoms with van der Waals surface area (Å²) in [7, 11) is 0. The van der Waals surface area contributed by atoms with Crippen LogP contribution in [0.15, 0.2) is 36.7 Å². The number of carbonyl (C=O) groups is 2. The van der Waals surface area contributed by atoms with E-state index in [0.29, 0.717) is 29.2 Å². The minimum absolute atomic E-state index is 0.0839. The van der Waals surface area contributed by atoms with Crippen LogP contribution in [0.2, 0.25) is 0 Å². The van der Waals surface area contributed by atoms with Gasteiger partial charge in [0.25, 0.3) is 0 Å². The van der Waals surface area contributed by atoms with Gasteiger partial charge in [0.05, 0.1) is 11.9 Å². The van der Waals surface area contributed by atoms with E-state index >= 15 is 0 Å². The minimum atomic E-state index is -1.07. The van der Waals surface area contributed by atoms with E-state index in [1.165, 1.54) is 23.2 Å². The van der Waals surface area contributed by atoms with Crippen LogP contribution in [0.1, 0.15) is 55.4 Å². The molecule has 4 rings (SSSR count). The first kappa shape index (κ1) is 23.7. The van der Waals surface area contributed by atoms with Gasteiger partial charge in [-0.3, -0.25) is 9.88 Å². The van der Waals surface area contributed by atoms with Crippen LogP contribution in [0.4, 0.5) is 15.0 Å². The van der Waals surface area contributed by atoms with Crippen molar-refractivity contribution in [1.29, 1.82) is 0 Å². The van der Waals surface area contributed by atoms with Gasteiger partial charge in [0.2, 0.25) is 0 Å². The zero-order valence-electron chi connectivity index (χ0n) is 19.0. The summed E-state index contributed by atoms with van der Waals surface area (Å²) in [5.74, 6) is -1.25. The molecule has 1 amide bonds. The molecule has 3 heterocycles. The molecular formula is C23H24FN5O4S. The molecule has 1 aliphatic rings. The highest BCUT2D eigenvalue weighted by Crippen LogP contribution is 2.45. The number of ether oxygens (including phenoxy) is 1. The molecule has 3 aromatic heterocycles. The lowest BCUT2D eigenvalue weighted by Gasteiger charge is -2.44. The van der Waals surface area contributed by atoms with Gasteiger partial charge in [-0.1, -0.05) is 6.42 Å². The standard InChI is InChI=1S/C23H24FN5O4S/c1-22(2,3)33-21(32)29(13-23(9-5-10-23)18-14(24)6-4-11-25-18)17-8-7-15(27-28-17)19-26-12-16(34-19)20(30)31/h4,6-8,11-12H,5,9-10,13H2,1-3H3,(H,30,31). The van der Waals surface area contributed by atoms with Crippen LogP contribution >= 0.6 is 11.3 Å². The minimum Gasteiger partial charge on any atom is -0.477 e. The van der Waals surface area contributed by atoms with E-state index in [4.69, 9.17) is 9.84 Å². The molecule has 1 fully saturated rings. The smallest absolute Gasteiger partial charge is 0.416 e. The molecule has 3 aromatic rings. The first-order chi connectivity index (χ1) is 16.1. The Labute approximate surface area is 199 Å². The number of aromatic nitrogens is 4. The van der Waals surface area contributed by atoms with Crippen LogP contribution in [0.5, 0.6) is 0 Å². The Morgan fingerprint density at radius 1 is 1.21 bits per heavy atom. The number of carbonyl (C=O) groups excluding carboxylic acids is 1. The predicted octanol–water partition coefficient (Wildman–Crippen LogP) is 4.70. The summed E-state index contributed by atoms with van der Waals surface area (Å²) in [5, 5.41) is 17.9. The van der Waals surface area contributed by atoms with Crippen molar-refractivity contribution in [3.05, 3.63) is 53.0 Å². The number of hydrogen-bond donors (Lipinski definition) is 1. The highest BCUT2D eigenvalue weighted by molar-refractivity contribution is 7.16. The molecule has 0 aliphatic heterocycles. The van der Waals surface area contributed by atoms with Gasteiger partial charge in [0.1, 0.15) is 27.0 Å². The summed E-state index contributed by atoms with van der Waals surface area (Å²) >= 11 is 0.976. The van der Waals surface area contributed by atoms with E-state index in [2.05, 4.69) is 20.2 Å². The Morgan fingerprint density at radius 2 is 1.97 bits per heavy atom. The average Bonchev–Trinajstić information content (AvgIpc) is 3.24. The summed E-state index contributed by atoms with van der Waals surface area (Å²) in [6.45, 7) is 5.41. The van der Waals surface area contributed by atoms with Gasteiger partial charge in [-0.05, 0) is 57.9 Å². The largest absolute Gasteiger partial charge is 0.477 e. The highest BCUT2D eigenvalue weighted by atomic mass is 32.1. The van der Waals surface area contributed by atoms with Crippen LogP contribution in [0, 0.1) is 5.82 Å². The summed E-state index contributed by atoms with van der Waals surface area (Å²) in [5.41, 5.74) is -0.711. The summed E-state index contributed by atoms with van der Waals surface area (Å²) in [6.07, 6.45) is 4.40. The topological polar surface area (TPSA) is 118 Å². The molecule has 1 saturated carbocycles. The number of carboxylic acids is 1. The third kappa shape index (κ3) is 4.89. The number of hydrogen-bond acceptors (Lipinski definition) is 8. The number of nitrogens with zero attached hydrogens (tertiary/aromatic N) is 5. The number of anilines is 1. The second kappa shape index (κ2) is 9.05.